The fourth-order valence-electron chi connectivity index (χ4n) is 4.54. The van der Waals surface area contributed by atoms with E-state index in [1.807, 2.05) is 12.1 Å². The van der Waals surface area contributed by atoms with Crippen molar-refractivity contribution in [3.05, 3.63) is 59.5 Å². The van der Waals surface area contributed by atoms with Crippen molar-refractivity contribution in [2.24, 2.45) is 0 Å². The Bertz CT molecular complexity index is 1270. The largest absolute Gasteiger partial charge is 0.755 e. The normalized spacial score (nSPS) is 15.1. The number of hydrogen-bond acceptors (Lipinski definition) is 6. The minimum absolute atomic E-state index is 0.296. The Hall–Kier alpha value is -3.37. The lowest BCUT2D eigenvalue weighted by Crippen LogP contribution is -2.47. The molecule has 0 spiro atoms. The highest BCUT2D eigenvalue weighted by molar-refractivity contribution is 7.80. The quantitative estimate of drug-likeness (QED) is 0.500. The molecule has 1 N–H and O–H groups in total. The van der Waals surface area contributed by atoms with Crippen LogP contribution in [0.25, 0.3) is 10.8 Å². The first-order valence-electron chi connectivity index (χ1n) is 11.5. The van der Waals surface area contributed by atoms with Crippen molar-refractivity contribution in [2.75, 3.05) is 29.3 Å². The summed E-state index contributed by atoms with van der Waals surface area (Å²) in [6.45, 7) is 6.38. The number of hydrogen-bond donors (Lipinski definition) is 1. The van der Waals surface area contributed by atoms with Gasteiger partial charge < -0.3 is 23.9 Å². The molecule has 2 aromatic carbocycles. The van der Waals surface area contributed by atoms with Crippen LogP contribution < -0.4 is 9.62 Å². The number of amides is 2. The number of furan rings is 1. The van der Waals surface area contributed by atoms with Crippen molar-refractivity contribution >= 4 is 45.4 Å². The highest BCUT2D eigenvalue weighted by Crippen LogP contribution is 2.35. The smallest absolute Gasteiger partial charge is 0.409 e. The van der Waals surface area contributed by atoms with Crippen LogP contribution in [0.1, 0.15) is 41.6 Å². The summed E-state index contributed by atoms with van der Waals surface area (Å²) in [5.74, 6) is 0.881. The predicted octanol–water partition coefficient (Wildman–Crippen LogP) is 4.52. The number of piperidine rings is 1. The van der Waals surface area contributed by atoms with Gasteiger partial charge in [0.25, 0.3) is 5.91 Å². The minimum Gasteiger partial charge on any atom is -0.755 e. The first-order valence-corrected chi connectivity index (χ1v) is 12.5. The van der Waals surface area contributed by atoms with Crippen LogP contribution in [-0.2, 0) is 16.0 Å². The second-order valence-electron chi connectivity index (χ2n) is 8.42. The molecule has 0 aliphatic carbocycles. The van der Waals surface area contributed by atoms with E-state index in [1.165, 1.54) is 4.31 Å². The van der Waals surface area contributed by atoms with Crippen LogP contribution in [0.3, 0.4) is 0 Å². The van der Waals surface area contributed by atoms with Crippen LogP contribution in [-0.4, -0.2) is 51.4 Å². The van der Waals surface area contributed by atoms with E-state index >= 15 is 0 Å². The molecule has 0 saturated carbocycles. The number of likely N-dealkylation sites (tertiary alicyclic amines) is 1. The molecule has 1 unspecified atom stereocenters. The van der Waals surface area contributed by atoms with Crippen molar-refractivity contribution < 1.29 is 27.5 Å². The number of aryl methyl sites for hydroxylation is 2. The van der Waals surface area contributed by atoms with Crippen LogP contribution in [0.2, 0.25) is 0 Å². The lowest BCUT2D eigenvalue weighted by Gasteiger charge is -2.40. The number of carbonyl (C=O) groups is 2. The van der Waals surface area contributed by atoms with Crippen molar-refractivity contribution in [1.29, 1.82) is 0 Å². The number of carbonyl (C=O) groups excluding carboxylic acids is 2. The van der Waals surface area contributed by atoms with Crippen molar-refractivity contribution in [1.82, 2.24) is 4.90 Å². The van der Waals surface area contributed by atoms with Gasteiger partial charge in [-0.25, -0.2) is 4.79 Å². The van der Waals surface area contributed by atoms with Gasteiger partial charge in [0.05, 0.1) is 17.9 Å². The lowest BCUT2D eigenvalue weighted by atomic mass is 10.0. The molecular weight excluding hydrogens is 470 g/mol. The Balaban J connectivity index is 1.62. The first-order chi connectivity index (χ1) is 16.8. The highest BCUT2D eigenvalue weighted by atomic mass is 32.2. The third kappa shape index (κ3) is 5.18. The number of benzene rings is 2. The summed E-state index contributed by atoms with van der Waals surface area (Å²) in [6, 6.07) is 12.1. The summed E-state index contributed by atoms with van der Waals surface area (Å²) in [7, 11) is 0. The van der Waals surface area contributed by atoms with Gasteiger partial charge in [0, 0.05) is 46.9 Å². The zero-order chi connectivity index (χ0) is 25.1. The molecule has 1 saturated heterocycles. The topological polar surface area (TPSA) is 115 Å². The van der Waals surface area contributed by atoms with Gasteiger partial charge in [0.1, 0.15) is 11.5 Å². The van der Waals surface area contributed by atoms with E-state index in [4.69, 9.17) is 9.15 Å². The summed E-state index contributed by atoms with van der Waals surface area (Å²) >= 11 is -2.53. The Morgan fingerprint density at radius 3 is 2.49 bits per heavy atom. The number of fused-ring (bicyclic) bond motifs is 1. The second kappa shape index (κ2) is 10.5. The third-order valence-corrected chi connectivity index (χ3v) is 6.97. The molecule has 10 heteroatoms. The van der Waals surface area contributed by atoms with Gasteiger partial charge >= 0.3 is 6.09 Å². The van der Waals surface area contributed by atoms with E-state index in [-0.39, 0.29) is 18.0 Å². The molecule has 9 nitrogen and oxygen atoms in total. The predicted molar refractivity (Wildman–Crippen MR) is 133 cm³/mol. The number of nitrogens with one attached hydrogen (secondary N) is 1. The van der Waals surface area contributed by atoms with Gasteiger partial charge in [-0.3, -0.25) is 13.3 Å². The van der Waals surface area contributed by atoms with E-state index < -0.39 is 11.3 Å². The first kappa shape index (κ1) is 24.7. The maximum Gasteiger partial charge on any atom is 0.409 e. The molecule has 2 heterocycles. The van der Waals surface area contributed by atoms with Crippen LogP contribution in [0.5, 0.6) is 0 Å². The molecule has 0 bridgehead atoms. The van der Waals surface area contributed by atoms with E-state index in [0.717, 1.165) is 5.39 Å². The Kier molecular flexibility index (Phi) is 7.42. The summed E-state index contributed by atoms with van der Waals surface area (Å²) in [4.78, 5) is 26.5. The average molecular weight is 499 g/mol. The number of nitrogens with zero attached hydrogens (tertiary/aromatic N) is 2. The maximum atomic E-state index is 12.9. The maximum absolute atomic E-state index is 12.9. The fourth-order valence-corrected chi connectivity index (χ4v) is 5.31. The summed E-state index contributed by atoms with van der Waals surface area (Å²) < 4.78 is 36.7. The van der Waals surface area contributed by atoms with E-state index in [0.29, 0.717) is 66.4 Å². The minimum atomic E-state index is -2.53. The van der Waals surface area contributed by atoms with E-state index in [1.54, 1.807) is 56.0 Å². The van der Waals surface area contributed by atoms with Gasteiger partial charge in [0.2, 0.25) is 0 Å². The molecule has 1 aliphatic rings. The molecule has 0 radical (unpaired) electrons. The van der Waals surface area contributed by atoms with Gasteiger partial charge in [0.15, 0.2) is 0 Å². The van der Waals surface area contributed by atoms with Crippen molar-refractivity contribution in [2.45, 2.75) is 39.7 Å². The molecule has 1 aromatic heterocycles. The van der Waals surface area contributed by atoms with Crippen LogP contribution in [0.15, 0.2) is 46.9 Å². The zero-order valence-corrected chi connectivity index (χ0v) is 20.7. The summed E-state index contributed by atoms with van der Waals surface area (Å²) in [6.07, 6.45) is 0.589. The van der Waals surface area contributed by atoms with E-state index in [2.05, 4.69) is 5.32 Å². The monoisotopic (exact) mass is 498 g/mol. The number of anilines is 2. The third-order valence-electron chi connectivity index (χ3n) is 6.15. The lowest BCUT2D eigenvalue weighted by molar-refractivity contribution is 0.0975. The Labute approximate surface area is 206 Å². The summed E-state index contributed by atoms with van der Waals surface area (Å²) in [5, 5.41) is 4.35. The zero-order valence-electron chi connectivity index (χ0n) is 19.9. The SMILES string of the molecule is CCOC(=O)N1CCC(N(c2cccc3c(NC(=O)c4cc(C)oc4C)cccc23)S(=O)[O-])CC1. The van der Waals surface area contributed by atoms with Crippen molar-refractivity contribution in [3.63, 3.8) is 0 Å². The van der Waals surface area contributed by atoms with Crippen LogP contribution in [0, 0.1) is 13.8 Å². The molecule has 1 fully saturated rings. The molecular formula is C25H28N3O6S-. The molecule has 4 rings (SSSR count). The number of rotatable bonds is 6. The average Bonchev–Trinajstić information content (AvgIpc) is 3.18. The van der Waals surface area contributed by atoms with Gasteiger partial charge in [-0.1, -0.05) is 24.3 Å². The Morgan fingerprint density at radius 1 is 1.17 bits per heavy atom. The number of ether oxygens (including phenoxy) is 1. The summed E-state index contributed by atoms with van der Waals surface area (Å²) in [5.41, 5.74) is 1.55. The van der Waals surface area contributed by atoms with E-state index in [9.17, 15) is 18.4 Å². The van der Waals surface area contributed by atoms with Gasteiger partial charge in [-0.05, 0) is 51.8 Å². The second-order valence-corrected chi connectivity index (χ2v) is 9.25. The van der Waals surface area contributed by atoms with Crippen LogP contribution in [0.4, 0.5) is 16.2 Å². The van der Waals surface area contributed by atoms with Crippen molar-refractivity contribution in [3.8, 4) is 0 Å². The molecule has 1 aliphatic heterocycles. The Morgan fingerprint density at radius 2 is 1.86 bits per heavy atom. The fraction of sp³-hybridized carbons (Fsp3) is 0.360. The van der Waals surface area contributed by atoms with Crippen LogP contribution >= 0.6 is 0 Å². The molecule has 2 amide bonds. The molecule has 186 valence electrons. The molecule has 35 heavy (non-hydrogen) atoms. The highest BCUT2D eigenvalue weighted by Gasteiger charge is 2.29. The van der Waals surface area contributed by atoms with Gasteiger partial charge in [-0.15, -0.1) is 0 Å². The molecule has 1 atom stereocenters. The molecule has 3 aromatic rings. The standard InChI is InChI=1S/C25H29N3O6S/c1-4-33-25(30)27-13-11-18(12-14-27)28(35(31)32)23-10-6-7-19-20(23)8-5-9-22(19)26-24(29)21-15-16(2)34-17(21)3/h5-10,15,18H,4,11-14H2,1-3H3,(H,26,29)(H,31,32)/p-1. The van der Waals surface area contributed by atoms with Gasteiger partial charge in [-0.2, -0.15) is 0 Å².